The minimum atomic E-state index is -5.70. The first kappa shape index (κ1) is 30.8. The zero-order valence-electron chi connectivity index (χ0n) is 18.4. The normalized spacial score (nSPS) is 26.6. The van der Waals surface area contributed by atoms with Gasteiger partial charge in [0.2, 0.25) is 0 Å². The number of aliphatic hydroxyl groups excluding tert-OH is 3. The summed E-state index contributed by atoms with van der Waals surface area (Å²) in [6, 6.07) is 0. The zero-order valence-corrected chi connectivity index (χ0v) is 21.1. The van der Waals surface area contributed by atoms with Crippen LogP contribution in [0.2, 0.25) is 0 Å². The third kappa shape index (κ3) is 8.56. The third-order valence-corrected chi connectivity index (χ3v) is 8.04. The number of nitrogens with one attached hydrogen (secondary N) is 1. The SMILES string of the molecule is CNC(C)O.Nc1ncnc2c1ncn2[C@@H]1O[C@H](COP(=O)(O)OP(=O)(O)OP(=O)(O)O)C(O)C1O. The molecule has 2 aromatic rings. The number of rotatable bonds is 9. The molecule has 3 heterocycles. The van der Waals surface area contributed by atoms with Gasteiger partial charge in [-0.1, -0.05) is 0 Å². The van der Waals surface area contributed by atoms with E-state index in [-0.39, 0.29) is 23.2 Å². The van der Waals surface area contributed by atoms with Gasteiger partial charge in [-0.15, -0.1) is 0 Å². The van der Waals surface area contributed by atoms with Crippen LogP contribution in [0.3, 0.4) is 0 Å². The van der Waals surface area contributed by atoms with E-state index in [4.69, 9.17) is 30.3 Å². The van der Waals surface area contributed by atoms with Crippen LogP contribution in [-0.4, -0.2) is 92.6 Å². The molecular weight excluding hydrogens is 557 g/mol. The average Bonchev–Trinajstić information content (AvgIpc) is 3.27. The van der Waals surface area contributed by atoms with Crippen molar-refractivity contribution >= 4 is 40.4 Å². The fourth-order valence-electron chi connectivity index (χ4n) is 2.62. The summed E-state index contributed by atoms with van der Waals surface area (Å²) in [7, 11) is -15.0. The Morgan fingerprint density at radius 3 is 2.28 bits per heavy atom. The highest BCUT2D eigenvalue weighted by Crippen LogP contribution is 2.66. The van der Waals surface area contributed by atoms with E-state index < -0.39 is 54.6 Å². The van der Waals surface area contributed by atoms with Crippen LogP contribution >= 0.6 is 23.5 Å². The molecule has 0 spiro atoms. The van der Waals surface area contributed by atoms with Gasteiger partial charge in [-0.2, -0.15) is 8.62 Å². The van der Waals surface area contributed by atoms with Crippen molar-refractivity contribution < 1.29 is 66.5 Å². The molecular formula is C13H25N6O14P3. The van der Waals surface area contributed by atoms with Crippen LogP contribution in [0.5, 0.6) is 0 Å². The number of hydrogen-bond acceptors (Lipinski definition) is 15. The number of nitrogens with two attached hydrogens (primary N) is 1. The Morgan fingerprint density at radius 2 is 1.72 bits per heavy atom. The number of anilines is 1. The Hall–Kier alpha value is -1.44. The van der Waals surface area contributed by atoms with Crippen LogP contribution in [0, 0.1) is 0 Å². The first-order valence-corrected chi connectivity index (χ1v) is 14.1. The number of phosphoric acid groups is 3. The molecule has 3 rings (SSSR count). The van der Waals surface area contributed by atoms with Crippen molar-refractivity contribution in [3.8, 4) is 0 Å². The first-order valence-electron chi connectivity index (χ1n) is 9.54. The van der Waals surface area contributed by atoms with Crippen molar-refractivity contribution in [2.75, 3.05) is 19.4 Å². The van der Waals surface area contributed by atoms with Crippen LogP contribution < -0.4 is 11.1 Å². The number of phosphoric ester groups is 1. The molecule has 0 saturated carbocycles. The Balaban J connectivity index is 0.000000830. The second kappa shape index (κ2) is 12.0. The van der Waals surface area contributed by atoms with Gasteiger partial charge >= 0.3 is 23.5 Å². The van der Waals surface area contributed by atoms with Gasteiger partial charge in [0.1, 0.15) is 36.4 Å². The van der Waals surface area contributed by atoms with E-state index >= 15 is 0 Å². The van der Waals surface area contributed by atoms with Gasteiger partial charge in [-0.05, 0) is 14.0 Å². The summed E-state index contributed by atoms with van der Waals surface area (Å²) < 4.78 is 51.9. The number of fused-ring (bicyclic) bond motifs is 1. The molecule has 10 N–H and O–H groups in total. The Kier molecular flexibility index (Phi) is 10.2. The molecule has 23 heteroatoms. The summed E-state index contributed by atoms with van der Waals surface area (Å²) in [6.07, 6.45) is -4.06. The highest BCUT2D eigenvalue weighted by atomic mass is 31.3. The highest BCUT2D eigenvalue weighted by molar-refractivity contribution is 7.66. The number of ether oxygens (including phenoxy) is 1. The third-order valence-electron chi connectivity index (χ3n) is 4.23. The van der Waals surface area contributed by atoms with Crippen LogP contribution in [-0.2, 0) is 31.6 Å². The number of aromatic nitrogens is 4. The second-order valence-electron chi connectivity index (χ2n) is 6.98. The van der Waals surface area contributed by atoms with Crippen molar-refractivity contribution in [1.29, 1.82) is 0 Å². The Morgan fingerprint density at radius 1 is 1.11 bits per heavy atom. The minimum Gasteiger partial charge on any atom is -0.387 e. The summed E-state index contributed by atoms with van der Waals surface area (Å²) in [5, 5.41) is 31.2. The fourth-order valence-corrected chi connectivity index (χ4v) is 5.65. The lowest BCUT2D eigenvalue weighted by Gasteiger charge is -2.19. The van der Waals surface area contributed by atoms with Crippen molar-refractivity contribution in [3.05, 3.63) is 12.7 Å². The van der Waals surface area contributed by atoms with Crippen LogP contribution in [0.1, 0.15) is 13.2 Å². The molecule has 36 heavy (non-hydrogen) atoms. The van der Waals surface area contributed by atoms with Crippen LogP contribution in [0.4, 0.5) is 5.82 Å². The summed E-state index contributed by atoms with van der Waals surface area (Å²) in [6.45, 7) is 0.710. The maximum atomic E-state index is 11.8. The molecule has 1 aliphatic heterocycles. The van der Waals surface area contributed by atoms with E-state index in [9.17, 15) is 28.8 Å². The van der Waals surface area contributed by atoms with Crippen molar-refractivity contribution in [2.45, 2.75) is 37.7 Å². The summed E-state index contributed by atoms with van der Waals surface area (Å²) in [5.74, 6) is 0.0426. The molecule has 20 nitrogen and oxygen atoms in total. The molecule has 206 valence electrons. The van der Waals surface area contributed by atoms with Gasteiger partial charge in [-0.3, -0.25) is 14.4 Å². The smallest absolute Gasteiger partial charge is 0.387 e. The Bertz CT molecular complexity index is 1170. The lowest BCUT2D eigenvalue weighted by Crippen LogP contribution is -2.33. The van der Waals surface area contributed by atoms with E-state index in [1.807, 2.05) is 0 Å². The van der Waals surface area contributed by atoms with Gasteiger partial charge in [0.05, 0.1) is 12.9 Å². The minimum absolute atomic E-state index is 0.0426. The lowest BCUT2D eigenvalue weighted by atomic mass is 10.1. The fraction of sp³-hybridized carbons (Fsp3) is 0.615. The predicted molar refractivity (Wildman–Crippen MR) is 116 cm³/mol. The average molecular weight is 582 g/mol. The topological polar surface area (TPSA) is 311 Å². The molecule has 0 amide bonds. The zero-order chi connectivity index (χ0) is 27.5. The molecule has 2 aromatic heterocycles. The number of nitrogen functional groups attached to an aromatic ring is 1. The largest absolute Gasteiger partial charge is 0.490 e. The maximum Gasteiger partial charge on any atom is 0.490 e. The number of imidazole rings is 1. The molecule has 1 fully saturated rings. The molecule has 0 bridgehead atoms. The van der Waals surface area contributed by atoms with E-state index in [0.29, 0.717) is 0 Å². The van der Waals surface area contributed by atoms with Crippen molar-refractivity contribution in [3.63, 3.8) is 0 Å². The molecule has 0 aromatic carbocycles. The molecule has 7 atom stereocenters. The molecule has 1 saturated heterocycles. The predicted octanol–water partition coefficient (Wildman–Crippen LogP) is -2.08. The standard InChI is InChI=1S/C10H16N5O13P3.C3H9NO/c11-8-5-9(13-2-12-8)15(3-14-5)10-7(17)6(16)4(26-10)1-25-30(21,22)28-31(23,24)27-29(18,19)20;1-3(5)4-2/h2-4,6-7,10,16-17H,1H2,(H,21,22)(H,23,24)(H2,11,12,13)(H2,18,19,20);3-5H,1-2H3/t4-,6?,7?,10-;/m1./s1. The lowest BCUT2D eigenvalue weighted by molar-refractivity contribution is -0.0503. The van der Waals surface area contributed by atoms with E-state index in [1.165, 1.54) is 10.9 Å². The van der Waals surface area contributed by atoms with Gasteiger partial charge < -0.3 is 45.4 Å². The van der Waals surface area contributed by atoms with Crippen LogP contribution in [0.25, 0.3) is 11.2 Å². The summed E-state index contributed by atoms with van der Waals surface area (Å²) in [5.41, 5.74) is 6.00. The van der Waals surface area contributed by atoms with E-state index in [0.717, 1.165) is 6.33 Å². The van der Waals surface area contributed by atoms with E-state index in [1.54, 1.807) is 14.0 Å². The Labute approximate surface area is 202 Å². The second-order valence-corrected chi connectivity index (χ2v) is 11.4. The summed E-state index contributed by atoms with van der Waals surface area (Å²) in [4.78, 5) is 47.2. The number of nitrogens with zero attached hydrogens (tertiary/aromatic N) is 4. The van der Waals surface area contributed by atoms with Gasteiger partial charge in [-0.25, -0.2) is 28.6 Å². The number of aliphatic hydroxyl groups is 3. The van der Waals surface area contributed by atoms with Gasteiger partial charge in [0, 0.05) is 0 Å². The summed E-state index contributed by atoms with van der Waals surface area (Å²) >= 11 is 0. The molecule has 5 unspecified atom stereocenters. The van der Waals surface area contributed by atoms with Crippen molar-refractivity contribution in [2.24, 2.45) is 0 Å². The molecule has 0 aliphatic carbocycles. The van der Waals surface area contributed by atoms with E-state index in [2.05, 4.69) is 33.4 Å². The van der Waals surface area contributed by atoms with Crippen LogP contribution in [0.15, 0.2) is 12.7 Å². The molecule has 1 aliphatic rings. The van der Waals surface area contributed by atoms with Crippen molar-refractivity contribution in [1.82, 2.24) is 24.8 Å². The van der Waals surface area contributed by atoms with Gasteiger partial charge in [0.25, 0.3) is 0 Å². The maximum absolute atomic E-state index is 11.8. The quantitative estimate of drug-likeness (QED) is 0.113. The number of hydrogen-bond donors (Lipinski definition) is 9. The highest BCUT2D eigenvalue weighted by Gasteiger charge is 2.47. The molecule has 0 radical (unpaired) electrons. The monoisotopic (exact) mass is 582 g/mol. The van der Waals surface area contributed by atoms with Gasteiger partial charge in [0.15, 0.2) is 17.7 Å². The first-order chi connectivity index (χ1) is 16.5.